The van der Waals surface area contributed by atoms with Crippen molar-refractivity contribution in [3.8, 4) is 0 Å². The van der Waals surface area contributed by atoms with Gasteiger partial charge in [-0.2, -0.15) is 0 Å². The zero-order chi connectivity index (χ0) is 11.4. The molecular weight excluding hydrogens is 188 g/mol. The topological polar surface area (TPSA) is 0 Å². The first kappa shape index (κ1) is 13.8. The zero-order valence-electron chi connectivity index (χ0n) is 10.5. The van der Waals surface area contributed by atoms with Crippen molar-refractivity contribution in [3.05, 3.63) is 23.6 Å². The molecule has 0 bridgehead atoms. The minimum atomic E-state index is 0.193. The molecule has 0 aliphatic heterocycles. The van der Waals surface area contributed by atoms with Crippen LogP contribution in [0.25, 0.3) is 0 Å². The van der Waals surface area contributed by atoms with E-state index >= 15 is 0 Å². The van der Waals surface area contributed by atoms with Crippen LogP contribution in [0.2, 0.25) is 0 Å². The van der Waals surface area contributed by atoms with E-state index in [1.165, 1.54) is 5.57 Å². The van der Waals surface area contributed by atoms with E-state index in [2.05, 4.69) is 59.6 Å². The van der Waals surface area contributed by atoms with E-state index in [0.717, 1.165) is 5.75 Å². The highest BCUT2D eigenvalue weighted by Crippen LogP contribution is 2.26. The van der Waals surface area contributed by atoms with Crippen LogP contribution < -0.4 is 0 Å². The molecule has 0 atom stereocenters. The van der Waals surface area contributed by atoms with Crippen LogP contribution in [-0.4, -0.2) is 5.75 Å². The molecule has 0 nitrogen and oxygen atoms in total. The molecule has 0 heterocycles. The lowest BCUT2D eigenvalue weighted by Crippen LogP contribution is -2.07. The minimum Gasteiger partial charge on any atom is -0.134 e. The van der Waals surface area contributed by atoms with Gasteiger partial charge in [-0.25, -0.2) is 0 Å². The summed E-state index contributed by atoms with van der Waals surface area (Å²) in [5.74, 6) is 1.15. The van der Waals surface area contributed by atoms with Gasteiger partial charge in [0, 0.05) is 5.75 Å². The van der Waals surface area contributed by atoms with Crippen molar-refractivity contribution < 1.29 is 0 Å². The van der Waals surface area contributed by atoms with E-state index in [4.69, 9.17) is 0 Å². The van der Waals surface area contributed by atoms with Gasteiger partial charge in [0.25, 0.3) is 0 Å². The van der Waals surface area contributed by atoms with Crippen molar-refractivity contribution in [1.82, 2.24) is 0 Å². The van der Waals surface area contributed by atoms with Crippen molar-refractivity contribution in [2.45, 2.75) is 41.5 Å². The Hall–Kier alpha value is -0.170. The first-order valence-electron chi connectivity index (χ1n) is 5.10. The average Bonchev–Trinajstić information content (AvgIpc) is 1.93. The smallest absolute Gasteiger partial charge is 0.00228 e. The fourth-order valence-electron chi connectivity index (χ4n) is 0.678. The Morgan fingerprint density at radius 1 is 1.14 bits per heavy atom. The van der Waals surface area contributed by atoms with E-state index in [1.54, 1.807) is 0 Å². The molecule has 0 aliphatic carbocycles. The van der Waals surface area contributed by atoms with Crippen LogP contribution in [0.3, 0.4) is 0 Å². The predicted octanol–water partition coefficient (Wildman–Crippen LogP) is 4.88. The lowest BCUT2D eigenvalue weighted by atomic mass is 9.88. The lowest BCUT2D eigenvalue weighted by molar-refractivity contribution is 0.481. The van der Waals surface area contributed by atoms with Gasteiger partial charge in [-0.15, -0.1) is 11.8 Å². The number of thioether (sulfide) groups is 1. The summed E-state index contributed by atoms with van der Waals surface area (Å²) in [7, 11) is 0. The molecule has 0 unspecified atom stereocenters. The van der Waals surface area contributed by atoms with Crippen LogP contribution in [0.5, 0.6) is 0 Å². The quantitative estimate of drug-likeness (QED) is 0.601. The summed E-state index contributed by atoms with van der Waals surface area (Å²) in [5.41, 5.74) is 1.79. The SMILES string of the molecule is C=C(/C=C/SCC(C)(C)C)C(C)(C)C. The standard InChI is InChI=1S/C13H24S/c1-11(13(5,6)7)8-9-14-10-12(2,3)4/h8-9H,1,10H2,2-7H3/b9-8+. The highest BCUT2D eigenvalue weighted by atomic mass is 32.2. The molecule has 0 aliphatic rings. The summed E-state index contributed by atoms with van der Waals surface area (Å²) in [6, 6.07) is 0. The monoisotopic (exact) mass is 212 g/mol. The van der Waals surface area contributed by atoms with Crippen molar-refractivity contribution in [2.75, 3.05) is 5.75 Å². The van der Waals surface area contributed by atoms with Gasteiger partial charge in [0.1, 0.15) is 0 Å². The maximum Gasteiger partial charge on any atom is 0.00228 e. The van der Waals surface area contributed by atoms with Crippen LogP contribution in [0.1, 0.15) is 41.5 Å². The van der Waals surface area contributed by atoms with Crippen LogP contribution >= 0.6 is 11.8 Å². The summed E-state index contributed by atoms with van der Waals surface area (Å²) in [6.07, 6.45) is 2.14. The summed E-state index contributed by atoms with van der Waals surface area (Å²) in [6.45, 7) is 17.4. The molecule has 0 rings (SSSR count). The van der Waals surface area contributed by atoms with Gasteiger partial charge in [-0.3, -0.25) is 0 Å². The summed E-state index contributed by atoms with van der Waals surface area (Å²) in [5, 5.41) is 2.17. The second-order valence-electron chi connectivity index (χ2n) is 5.95. The summed E-state index contributed by atoms with van der Waals surface area (Å²) >= 11 is 1.86. The third-order valence-electron chi connectivity index (χ3n) is 1.85. The second kappa shape index (κ2) is 5.06. The van der Waals surface area contributed by atoms with Gasteiger partial charge in [0.2, 0.25) is 0 Å². The minimum absolute atomic E-state index is 0.193. The van der Waals surface area contributed by atoms with Crippen LogP contribution in [-0.2, 0) is 0 Å². The molecule has 0 aromatic carbocycles. The highest BCUT2D eigenvalue weighted by Gasteiger charge is 2.12. The maximum absolute atomic E-state index is 4.06. The van der Waals surface area contributed by atoms with E-state index in [1.807, 2.05) is 11.8 Å². The Kier molecular flexibility index (Phi) is 5.00. The van der Waals surface area contributed by atoms with E-state index in [0.29, 0.717) is 5.41 Å². The largest absolute Gasteiger partial charge is 0.134 e. The van der Waals surface area contributed by atoms with Gasteiger partial charge in [-0.05, 0) is 21.8 Å². The van der Waals surface area contributed by atoms with Crippen molar-refractivity contribution in [2.24, 2.45) is 10.8 Å². The Morgan fingerprint density at radius 2 is 1.64 bits per heavy atom. The molecule has 0 N–H and O–H groups in total. The first-order chi connectivity index (χ1) is 6.13. The molecule has 0 aromatic rings. The molecular formula is C13H24S. The number of hydrogen-bond acceptors (Lipinski definition) is 1. The Labute approximate surface area is 93.9 Å². The summed E-state index contributed by atoms with van der Waals surface area (Å²) < 4.78 is 0. The molecule has 0 amide bonds. The van der Waals surface area contributed by atoms with Crippen molar-refractivity contribution in [3.63, 3.8) is 0 Å². The van der Waals surface area contributed by atoms with Crippen molar-refractivity contribution >= 4 is 11.8 Å². The van der Waals surface area contributed by atoms with Crippen LogP contribution in [0.15, 0.2) is 23.6 Å². The predicted molar refractivity (Wildman–Crippen MR) is 69.6 cm³/mol. The molecule has 0 radical (unpaired) electrons. The first-order valence-corrected chi connectivity index (χ1v) is 6.15. The average molecular weight is 212 g/mol. The van der Waals surface area contributed by atoms with Crippen molar-refractivity contribution in [1.29, 1.82) is 0 Å². The number of rotatable bonds is 3. The highest BCUT2D eigenvalue weighted by molar-refractivity contribution is 8.02. The molecule has 0 saturated heterocycles. The number of allylic oxidation sites excluding steroid dienone is 2. The molecule has 1 heteroatoms. The maximum atomic E-state index is 4.06. The summed E-state index contributed by atoms with van der Waals surface area (Å²) in [4.78, 5) is 0. The fourth-order valence-corrected chi connectivity index (χ4v) is 1.54. The van der Waals surface area contributed by atoms with Gasteiger partial charge in [0.15, 0.2) is 0 Å². The molecule has 0 aromatic heterocycles. The molecule has 0 fully saturated rings. The molecule has 14 heavy (non-hydrogen) atoms. The van der Waals surface area contributed by atoms with Gasteiger partial charge in [-0.1, -0.05) is 54.2 Å². The van der Waals surface area contributed by atoms with E-state index in [-0.39, 0.29) is 5.41 Å². The molecule has 0 spiro atoms. The van der Waals surface area contributed by atoms with Gasteiger partial charge < -0.3 is 0 Å². The molecule has 82 valence electrons. The third kappa shape index (κ3) is 7.25. The lowest BCUT2D eigenvalue weighted by Gasteiger charge is -2.19. The van der Waals surface area contributed by atoms with E-state index in [9.17, 15) is 0 Å². The Morgan fingerprint density at radius 3 is 2.00 bits per heavy atom. The Bertz CT molecular complexity index is 210. The second-order valence-corrected chi connectivity index (χ2v) is 6.84. The third-order valence-corrected chi connectivity index (χ3v) is 3.21. The van der Waals surface area contributed by atoms with Crippen LogP contribution in [0.4, 0.5) is 0 Å². The normalized spacial score (nSPS) is 13.6. The zero-order valence-corrected chi connectivity index (χ0v) is 11.3. The fraction of sp³-hybridized carbons (Fsp3) is 0.692. The van der Waals surface area contributed by atoms with Crippen LogP contribution in [0, 0.1) is 10.8 Å². The van der Waals surface area contributed by atoms with Gasteiger partial charge >= 0.3 is 0 Å². The molecule has 0 saturated carbocycles. The van der Waals surface area contributed by atoms with Gasteiger partial charge in [0.05, 0.1) is 0 Å². The Balaban J connectivity index is 3.92. The van der Waals surface area contributed by atoms with E-state index < -0.39 is 0 Å². The number of hydrogen-bond donors (Lipinski definition) is 0.